The Morgan fingerprint density at radius 3 is 2.52 bits per heavy atom. The molecule has 1 amide bonds. The minimum Gasteiger partial charge on any atom is -0.349 e. The lowest BCUT2D eigenvalue weighted by Crippen LogP contribution is -2.44. The minimum absolute atomic E-state index is 0.106. The van der Waals surface area contributed by atoms with Crippen LogP contribution >= 0.6 is 0 Å². The Hall–Kier alpha value is -3.06. The molecule has 0 radical (unpaired) electrons. The first-order valence-corrected chi connectivity index (χ1v) is 9.75. The van der Waals surface area contributed by atoms with E-state index in [4.69, 9.17) is 4.52 Å². The largest absolute Gasteiger partial charge is 0.349 e. The molecule has 1 aliphatic rings. The van der Waals surface area contributed by atoms with Gasteiger partial charge in [-0.05, 0) is 44.0 Å². The highest BCUT2D eigenvalue weighted by molar-refractivity contribution is 5.94. The van der Waals surface area contributed by atoms with Gasteiger partial charge in [0.1, 0.15) is 5.82 Å². The van der Waals surface area contributed by atoms with Gasteiger partial charge in [0, 0.05) is 30.3 Å². The van der Waals surface area contributed by atoms with E-state index in [1.807, 2.05) is 31.2 Å². The average Bonchev–Trinajstić information content (AvgIpc) is 3.19. The number of carbonyl (C=O) groups excluding carboxylic acids is 1. The lowest BCUT2D eigenvalue weighted by Gasteiger charge is -2.31. The van der Waals surface area contributed by atoms with Crippen molar-refractivity contribution in [1.29, 1.82) is 0 Å². The molecule has 29 heavy (non-hydrogen) atoms. The Morgan fingerprint density at radius 1 is 1.14 bits per heavy atom. The molecule has 1 N–H and O–H groups in total. The van der Waals surface area contributed by atoms with Crippen LogP contribution in [0.3, 0.4) is 0 Å². The Labute approximate surface area is 168 Å². The van der Waals surface area contributed by atoms with E-state index in [9.17, 15) is 9.18 Å². The topological polar surface area (TPSA) is 71.3 Å². The summed E-state index contributed by atoms with van der Waals surface area (Å²) in [5.74, 6) is 0.681. The highest BCUT2D eigenvalue weighted by Gasteiger charge is 2.22. The molecular formula is C22H23FN4O2. The highest BCUT2D eigenvalue weighted by Crippen LogP contribution is 2.18. The van der Waals surface area contributed by atoms with E-state index in [0.717, 1.165) is 31.5 Å². The van der Waals surface area contributed by atoms with Crippen LogP contribution in [0, 0.1) is 12.7 Å². The van der Waals surface area contributed by atoms with E-state index in [-0.39, 0.29) is 17.8 Å². The molecule has 0 bridgehead atoms. The number of amides is 1. The average molecular weight is 394 g/mol. The molecule has 0 atom stereocenters. The zero-order valence-electron chi connectivity index (χ0n) is 16.3. The highest BCUT2D eigenvalue weighted by atomic mass is 19.1. The normalized spacial score (nSPS) is 15.4. The fourth-order valence-electron chi connectivity index (χ4n) is 3.44. The van der Waals surface area contributed by atoms with Gasteiger partial charge in [-0.3, -0.25) is 9.69 Å². The van der Waals surface area contributed by atoms with Gasteiger partial charge in [-0.25, -0.2) is 4.39 Å². The van der Waals surface area contributed by atoms with Gasteiger partial charge in [-0.15, -0.1) is 0 Å². The number of carbonyl (C=O) groups is 1. The van der Waals surface area contributed by atoms with Crippen molar-refractivity contribution in [2.75, 3.05) is 13.1 Å². The van der Waals surface area contributed by atoms with E-state index in [1.165, 1.54) is 29.8 Å². The molecule has 6 nitrogen and oxygen atoms in total. The first-order valence-electron chi connectivity index (χ1n) is 9.75. The van der Waals surface area contributed by atoms with Crippen LogP contribution in [-0.2, 0) is 6.54 Å². The molecular weight excluding hydrogens is 371 g/mol. The molecule has 1 aliphatic heterocycles. The molecule has 7 heteroatoms. The minimum atomic E-state index is -0.346. The number of hydrogen-bond donors (Lipinski definition) is 1. The molecule has 1 fully saturated rings. The third-order valence-electron chi connectivity index (χ3n) is 5.17. The van der Waals surface area contributed by atoms with Crippen molar-refractivity contribution in [3.05, 3.63) is 71.4 Å². The van der Waals surface area contributed by atoms with Crippen molar-refractivity contribution < 1.29 is 13.7 Å². The van der Waals surface area contributed by atoms with Gasteiger partial charge in [0.15, 0.2) is 0 Å². The summed E-state index contributed by atoms with van der Waals surface area (Å²) in [4.78, 5) is 19.0. The number of aryl methyl sites for hydroxylation is 1. The number of likely N-dealkylation sites (tertiary alicyclic amines) is 1. The van der Waals surface area contributed by atoms with Crippen LogP contribution in [0.4, 0.5) is 4.39 Å². The number of halogens is 1. The van der Waals surface area contributed by atoms with Gasteiger partial charge in [0.25, 0.3) is 5.91 Å². The molecule has 1 saturated heterocycles. The quantitative estimate of drug-likeness (QED) is 0.716. The molecule has 2 heterocycles. The maximum Gasteiger partial charge on any atom is 0.251 e. The summed E-state index contributed by atoms with van der Waals surface area (Å²) in [5.41, 5.74) is 2.60. The summed E-state index contributed by atoms with van der Waals surface area (Å²) in [7, 11) is 0. The molecule has 0 unspecified atom stereocenters. The van der Waals surface area contributed by atoms with E-state index < -0.39 is 0 Å². The van der Waals surface area contributed by atoms with Crippen molar-refractivity contribution in [2.24, 2.45) is 0 Å². The number of nitrogens with zero attached hydrogens (tertiary/aromatic N) is 3. The summed E-state index contributed by atoms with van der Waals surface area (Å²) in [6.45, 7) is 4.29. The Balaban J connectivity index is 1.27. The van der Waals surface area contributed by atoms with Crippen LogP contribution in [0.15, 0.2) is 53.1 Å². The van der Waals surface area contributed by atoms with Gasteiger partial charge < -0.3 is 9.84 Å². The van der Waals surface area contributed by atoms with Gasteiger partial charge in [-0.1, -0.05) is 35.0 Å². The first-order chi connectivity index (χ1) is 14.1. The standard InChI is InChI=1S/C22H23FN4O2/c1-15-2-4-16(5-3-15)21-25-20(29-26-21)14-27-12-10-19(11-13-27)24-22(28)17-6-8-18(23)9-7-17/h2-9,19H,10-14H2,1H3,(H,24,28). The fourth-order valence-corrected chi connectivity index (χ4v) is 3.44. The predicted molar refractivity (Wildman–Crippen MR) is 107 cm³/mol. The number of aromatic nitrogens is 2. The summed E-state index contributed by atoms with van der Waals surface area (Å²) in [6, 6.07) is 13.7. The van der Waals surface area contributed by atoms with Crippen molar-refractivity contribution in [3.8, 4) is 11.4 Å². The van der Waals surface area contributed by atoms with Crippen LogP contribution < -0.4 is 5.32 Å². The summed E-state index contributed by atoms with van der Waals surface area (Å²) < 4.78 is 18.4. The third-order valence-corrected chi connectivity index (χ3v) is 5.17. The zero-order chi connectivity index (χ0) is 20.2. The molecule has 1 aromatic heterocycles. The SMILES string of the molecule is Cc1ccc(-c2noc(CN3CCC(NC(=O)c4ccc(F)cc4)CC3)n2)cc1. The predicted octanol–water partition coefficient (Wildman–Crippen LogP) is 3.58. The van der Waals surface area contributed by atoms with Crippen molar-refractivity contribution in [1.82, 2.24) is 20.4 Å². The van der Waals surface area contributed by atoms with Crippen molar-refractivity contribution in [2.45, 2.75) is 32.4 Å². The summed E-state index contributed by atoms with van der Waals surface area (Å²) in [6.07, 6.45) is 1.68. The molecule has 0 spiro atoms. The first kappa shape index (κ1) is 19.3. The van der Waals surface area contributed by atoms with Crippen LogP contribution in [0.25, 0.3) is 11.4 Å². The van der Waals surface area contributed by atoms with Crippen LogP contribution in [0.5, 0.6) is 0 Å². The smallest absolute Gasteiger partial charge is 0.251 e. The molecule has 3 aromatic rings. The van der Waals surface area contributed by atoms with Crippen LogP contribution in [0.2, 0.25) is 0 Å². The summed E-state index contributed by atoms with van der Waals surface area (Å²) in [5, 5.41) is 7.11. The molecule has 0 aliphatic carbocycles. The zero-order valence-corrected chi connectivity index (χ0v) is 16.3. The monoisotopic (exact) mass is 394 g/mol. The van der Waals surface area contributed by atoms with Gasteiger partial charge in [-0.2, -0.15) is 4.98 Å². The number of nitrogens with one attached hydrogen (secondary N) is 1. The second-order valence-corrected chi connectivity index (χ2v) is 7.41. The molecule has 150 valence electrons. The molecule has 0 saturated carbocycles. The van der Waals surface area contributed by atoms with E-state index in [2.05, 4.69) is 20.4 Å². The molecule has 2 aromatic carbocycles. The van der Waals surface area contributed by atoms with Gasteiger partial charge in [0.05, 0.1) is 6.54 Å². The van der Waals surface area contributed by atoms with Gasteiger partial charge in [0.2, 0.25) is 11.7 Å². The summed E-state index contributed by atoms with van der Waals surface area (Å²) >= 11 is 0. The molecule has 4 rings (SSSR count). The van der Waals surface area contributed by atoms with Crippen molar-refractivity contribution >= 4 is 5.91 Å². The number of piperidine rings is 1. The Morgan fingerprint density at radius 2 is 1.83 bits per heavy atom. The van der Waals surface area contributed by atoms with Crippen LogP contribution in [-0.4, -0.2) is 40.1 Å². The number of hydrogen-bond acceptors (Lipinski definition) is 5. The van der Waals surface area contributed by atoms with E-state index in [0.29, 0.717) is 23.8 Å². The van der Waals surface area contributed by atoms with E-state index >= 15 is 0 Å². The lowest BCUT2D eigenvalue weighted by molar-refractivity contribution is 0.0904. The number of rotatable bonds is 5. The maximum atomic E-state index is 13.0. The van der Waals surface area contributed by atoms with Gasteiger partial charge >= 0.3 is 0 Å². The van der Waals surface area contributed by atoms with Crippen LogP contribution in [0.1, 0.15) is 34.7 Å². The Bertz CT molecular complexity index is 961. The second kappa shape index (κ2) is 8.53. The van der Waals surface area contributed by atoms with Crippen molar-refractivity contribution in [3.63, 3.8) is 0 Å². The lowest BCUT2D eigenvalue weighted by atomic mass is 10.0. The third kappa shape index (κ3) is 4.86. The van der Waals surface area contributed by atoms with E-state index in [1.54, 1.807) is 0 Å². The fraction of sp³-hybridized carbons (Fsp3) is 0.318. The number of benzene rings is 2. The second-order valence-electron chi connectivity index (χ2n) is 7.41. The maximum absolute atomic E-state index is 13.0. The Kier molecular flexibility index (Phi) is 5.67.